The van der Waals surface area contributed by atoms with Gasteiger partial charge in [-0.2, -0.15) is 0 Å². The van der Waals surface area contributed by atoms with Crippen molar-refractivity contribution in [2.24, 2.45) is 5.92 Å². The monoisotopic (exact) mass is 278 g/mol. The normalized spacial score (nSPS) is 10.2. The molecule has 20 heavy (non-hydrogen) atoms. The Morgan fingerprint density at radius 3 is 2.50 bits per heavy atom. The lowest BCUT2D eigenvalue weighted by Gasteiger charge is -2.23. The van der Waals surface area contributed by atoms with Crippen LogP contribution >= 0.6 is 0 Å². The van der Waals surface area contributed by atoms with Gasteiger partial charge in [0.2, 0.25) is 11.8 Å². The minimum atomic E-state index is -0.0895. The van der Waals surface area contributed by atoms with E-state index in [0.717, 1.165) is 0 Å². The summed E-state index contributed by atoms with van der Waals surface area (Å²) < 4.78 is 5.26. The standard InChI is InChI=1S/C15H22N2O3/c1-11(2)15(19)16-9-10-17(12(3)18)13-7-5-6-8-14(13)20-4/h5-8,11H,9-10H2,1-4H3,(H,16,19). The molecule has 0 aliphatic rings. The number of amides is 2. The number of benzene rings is 1. The smallest absolute Gasteiger partial charge is 0.224 e. The molecule has 0 radical (unpaired) electrons. The summed E-state index contributed by atoms with van der Waals surface area (Å²) in [5.74, 6) is 0.465. The molecule has 0 atom stereocenters. The molecular weight excluding hydrogens is 256 g/mol. The zero-order chi connectivity index (χ0) is 15.1. The van der Waals surface area contributed by atoms with E-state index in [-0.39, 0.29) is 17.7 Å². The molecule has 1 rings (SSSR count). The topological polar surface area (TPSA) is 58.6 Å². The van der Waals surface area contributed by atoms with Gasteiger partial charge >= 0.3 is 0 Å². The van der Waals surface area contributed by atoms with Gasteiger partial charge in [0.05, 0.1) is 12.8 Å². The molecule has 1 aromatic carbocycles. The van der Waals surface area contributed by atoms with Crippen LogP contribution in [0.15, 0.2) is 24.3 Å². The van der Waals surface area contributed by atoms with Gasteiger partial charge in [-0.3, -0.25) is 9.59 Å². The largest absolute Gasteiger partial charge is 0.495 e. The van der Waals surface area contributed by atoms with Gasteiger partial charge in [-0.05, 0) is 12.1 Å². The van der Waals surface area contributed by atoms with Crippen LogP contribution in [0, 0.1) is 5.92 Å². The first kappa shape index (κ1) is 16.0. The first-order valence-electron chi connectivity index (χ1n) is 6.66. The van der Waals surface area contributed by atoms with Crippen molar-refractivity contribution in [2.45, 2.75) is 20.8 Å². The molecule has 1 aromatic rings. The van der Waals surface area contributed by atoms with Crippen molar-refractivity contribution in [1.82, 2.24) is 5.32 Å². The van der Waals surface area contributed by atoms with E-state index in [0.29, 0.717) is 24.5 Å². The Hall–Kier alpha value is -2.04. The summed E-state index contributed by atoms with van der Waals surface area (Å²) >= 11 is 0. The molecule has 0 aliphatic heterocycles. The average Bonchev–Trinajstić information content (AvgIpc) is 2.42. The van der Waals surface area contributed by atoms with E-state index in [1.54, 1.807) is 18.1 Å². The first-order valence-corrected chi connectivity index (χ1v) is 6.66. The molecule has 5 heteroatoms. The molecule has 1 N–H and O–H groups in total. The van der Waals surface area contributed by atoms with E-state index in [9.17, 15) is 9.59 Å². The maximum Gasteiger partial charge on any atom is 0.224 e. The van der Waals surface area contributed by atoms with E-state index in [4.69, 9.17) is 4.74 Å². The van der Waals surface area contributed by atoms with Gasteiger partial charge in [-0.1, -0.05) is 26.0 Å². The second-order valence-electron chi connectivity index (χ2n) is 4.79. The van der Waals surface area contributed by atoms with E-state index in [1.807, 2.05) is 32.0 Å². The summed E-state index contributed by atoms with van der Waals surface area (Å²) in [7, 11) is 1.57. The summed E-state index contributed by atoms with van der Waals surface area (Å²) in [6.45, 7) is 5.98. The van der Waals surface area contributed by atoms with Crippen molar-refractivity contribution in [2.75, 3.05) is 25.1 Å². The number of rotatable bonds is 6. The number of anilines is 1. The fourth-order valence-electron chi connectivity index (χ4n) is 1.80. The summed E-state index contributed by atoms with van der Waals surface area (Å²) in [6.07, 6.45) is 0. The highest BCUT2D eigenvalue weighted by Gasteiger charge is 2.16. The predicted molar refractivity (Wildman–Crippen MR) is 78.9 cm³/mol. The molecule has 5 nitrogen and oxygen atoms in total. The Labute approximate surface area is 119 Å². The second kappa shape index (κ2) is 7.53. The first-order chi connectivity index (χ1) is 9.47. The Morgan fingerprint density at radius 1 is 1.30 bits per heavy atom. The molecule has 0 aliphatic carbocycles. The van der Waals surface area contributed by atoms with Crippen LogP contribution in [0.4, 0.5) is 5.69 Å². The Balaban J connectivity index is 2.75. The lowest BCUT2D eigenvalue weighted by molar-refractivity contribution is -0.124. The van der Waals surface area contributed by atoms with Crippen molar-refractivity contribution in [3.63, 3.8) is 0 Å². The van der Waals surface area contributed by atoms with Crippen molar-refractivity contribution in [1.29, 1.82) is 0 Å². The van der Waals surface area contributed by atoms with Gasteiger partial charge in [0.1, 0.15) is 5.75 Å². The molecule has 0 fully saturated rings. The summed E-state index contributed by atoms with van der Waals surface area (Å²) in [6, 6.07) is 7.32. The Kier molecular flexibility index (Phi) is 6.03. The van der Waals surface area contributed by atoms with Gasteiger partial charge in [0.25, 0.3) is 0 Å². The molecule has 0 aromatic heterocycles. The molecule has 0 bridgehead atoms. The summed E-state index contributed by atoms with van der Waals surface area (Å²) in [5, 5.41) is 2.80. The number of methoxy groups -OCH3 is 1. The molecular formula is C15H22N2O3. The maximum absolute atomic E-state index is 11.8. The SMILES string of the molecule is COc1ccccc1N(CCNC(=O)C(C)C)C(C)=O. The van der Waals surface area contributed by atoms with Gasteiger partial charge in [0.15, 0.2) is 0 Å². The number of hydrogen-bond acceptors (Lipinski definition) is 3. The fourth-order valence-corrected chi connectivity index (χ4v) is 1.80. The quantitative estimate of drug-likeness (QED) is 0.863. The highest BCUT2D eigenvalue weighted by atomic mass is 16.5. The second-order valence-corrected chi connectivity index (χ2v) is 4.79. The number of carbonyl (C=O) groups is 2. The van der Waals surface area contributed by atoms with Gasteiger partial charge in [-0.25, -0.2) is 0 Å². The van der Waals surface area contributed by atoms with E-state index in [1.165, 1.54) is 6.92 Å². The zero-order valence-corrected chi connectivity index (χ0v) is 12.5. The summed E-state index contributed by atoms with van der Waals surface area (Å²) in [4.78, 5) is 24.9. The van der Waals surface area contributed by atoms with Crippen LogP contribution < -0.4 is 15.0 Å². The average molecular weight is 278 g/mol. The third-order valence-electron chi connectivity index (χ3n) is 2.92. The van der Waals surface area contributed by atoms with Crippen LogP contribution in [0.25, 0.3) is 0 Å². The van der Waals surface area contributed by atoms with Crippen LogP contribution in [-0.2, 0) is 9.59 Å². The van der Waals surface area contributed by atoms with Crippen molar-refractivity contribution >= 4 is 17.5 Å². The highest BCUT2D eigenvalue weighted by molar-refractivity contribution is 5.93. The van der Waals surface area contributed by atoms with Crippen molar-refractivity contribution < 1.29 is 14.3 Å². The number of ether oxygens (including phenoxy) is 1. The van der Waals surface area contributed by atoms with Gasteiger partial charge < -0.3 is 15.0 Å². The number of nitrogens with one attached hydrogen (secondary N) is 1. The van der Waals surface area contributed by atoms with Crippen molar-refractivity contribution in [3.05, 3.63) is 24.3 Å². The highest BCUT2D eigenvalue weighted by Crippen LogP contribution is 2.27. The van der Waals surface area contributed by atoms with Crippen LogP contribution in [-0.4, -0.2) is 32.0 Å². The maximum atomic E-state index is 11.8. The van der Waals surface area contributed by atoms with E-state index >= 15 is 0 Å². The lowest BCUT2D eigenvalue weighted by Crippen LogP contribution is -2.38. The summed E-state index contributed by atoms with van der Waals surface area (Å²) in [5.41, 5.74) is 0.710. The van der Waals surface area contributed by atoms with Crippen LogP contribution in [0.1, 0.15) is 20.8 Å². The predicted octanol–water partition coefficient (Wildman–Crippen LogP) is 1.82. The Morgan fingerprint density at radius 2 is 1.95 bits per heavy atom. The molecule has 0 unspecified atom stereocenters. The molecule has 0 spiro atoms. The van der Waals surface area contributed by atoms with Crippen molar-refractivity contribution in [3.8, 4) is 5.75 Å². The fraction of sp³-hybridized carbons (Fsp3) is 0.467. The molecule has 0 saturated heterocycles. The Bertz CT molecular complexity index is 472. The zero-order valence-electron chi connectivity index (χ0n) is 12.5. The van der Waals surface area contributed by atoms with E-state index in [2.05, 4.69) is 5.32 Å². The number of nitrogens with zero attached hydrogens (tertiary/aromatic N) is 1. The third kappa shape index (κ3) is 4.26. The molecule has 110 valence electrons. The number of para-hydroxylation sites is 2. The van der Waals surface area contributed by atoms with Crippen LogP contribution in [0.2, 0.25) is 0 Å². The minimum Gasteiger partial charge on any atom is -0.495 e. The third-order valence-corrected chi connectivity index (χ3v) is 2.92. The van der Waals surface area contributed by atoms with Crippen LogP contribution in [0.3, 0.4) is 0 Å². The van der Waals surface area contributed by atoms with Gasteiger partial charge in [-0.15, -0.1) is 0 Å². The van der Waals surface area contributed by atoms with Gasteiger partial charge in [0, 0.05) is 25.9 Å². The van der Waals surface area contributed by atoms with E-state index < -0.39 is 0 Å². The molecule has 0 heterocycles. The van der Waals surface area contributed by atoms with Crippen LogP contribution in [0.5, 0.6) is 5.75 Å². The number of hydrogen-bond donors (Lipinski definition) is 1. The minimum absolute atomic E-state index is 0.0199. The lowest BCUT2D eigenvalue weighted by atomic mass is 10.2. The molecule has 0 saturated carbocycles. The number of carbonyl (C=O) groups excluding carboxylic acids is 2. The molecule has 2 amide bonds.